The van der Waals surface area contributed by atoms with Gasteiger partial charge in [-0.15, -0.1) is 0 Å². The molecule has 1 fully saturated rings. The first-order chi connectivity index (χ1) is 13.2. The quantitative estimate of drug-likeness (QED) is 0.689. The highest BCUT2D eigenvalue weighted by Gasteiger charge is 2.24. The van der Waals surface area contributed by atoms with Gasteiger partial charge in [-0.3, -0.25) is 9.69 Å². The predicted molar refractivity (Wildman–Crippen MR) is 109 cm³/mol. The van der Waals surface area contributed by atoms with Gasteiger partial charge in [-0.2, -0.15) is 0 Å². The van der Waals surface area contributed by atoms with Crippen LogP contribution in [0.4, 0.5) is 0 Å². The number of nitrogens with zero attached hydrogens (tertiary/aromatic N) is 1. The van der Waals surface area contributed by atoms with Gasteiger partial charge in [-0.05, 0) is 67.9 Å². The lowest BCUT2D eigenvalue weighted by Crippen LogP contribution is -2.38. The van der Waals surface area contributed by atoms with Crippen molar-refractivity contribution in [1.82, 2.24) is 10.2 Å². The standard InChI is InChI=1S/C21H25BrN2O3/c1-26-18-8-4-16(5-9-18)20(24-12-2-3-13-24)14-23-21(25)15-27-19-10-6-17(22)7-11-19/h4-11,20H,2-3,12-15H2,1H3,(H,23,25). The van der Waals surface area contributed by atoms with Crippen molar-refractivity contribution in [1.29, 1.82) is 0 Å². The first kappa shape index (κ1) is 19.7. The minimum Gasteiger partial charge on any atom is -0.497 e. The molecule has 0 saturated carbocycles. The van der Waals surface area contributed by atoms with Crippen LogP contribution in [-0.4, -0.2) is 44.2 Å². The number of likely N-dealkylation sites (tertiary alicyclic amines) is 1. The Labute approximate surface area is 168 Å². The largest absolute Gasteiger partial charge is 0.497 e. The minimum atomic E-state index is -0.115. The monoisotopic (exact) mass is 432 g/mol. The van der Waals surface area contributed by atoms with Crippen LogP contribution in [-0.2, 0) is 4.79 Å². The lowest BCUT2D eigenvalue weighted by atomic mass is 10.1. The van der Waals surface area contributed by atoms with Crippen LogP contribution in [0.3, 0.4) is 0 Å². The first-order valence-electron chi connectivity index (χ1n) is 9.19. The van der Waals surface area contributed by atoms with E-state index in [1.165, 1.54) is 18.4 Å². The number of carbonyl (C=O) groups excluding carboxylic acids is 1. The molecule has 0 aliphatic carbocycles. The molecular weight excluding hydrogens is 408 g/mol. The molecule has 2 aromatic rings. The summed E-state index contributed by atoms with van der Waals surface area (Å²) in [6.07, 6.45) is 2.40. The van der Waals surface area contributed by atoms with E-state index in [1.54, 1.807) is 7.11 Å². The highest BCUT2D eigenvalue weighted by atomic mass is 79.9. The second-order valence-electron chi connectivity index (χ2n) is 6.58. The summed E-state index contributed by atoms with van der Waals surface area (Å²) in [6, 6.07) is 15.7. The summed E-state index contributed by atoms with van der Waals surface area (Å²) in [5.41, 5.74) is 1.19. The maximum Gasteiger partial charge on any atom is 0.258 e. The molecule has 27 heavy (non-hydrogen) atoms. The van der Waals surface area contributed by atoms with Crippen molar-refractivity contribution < 1.29 is 14.3 Å². The molecule has 0 aromatic heterocycles. The first-order valence-corrected chi connectivity index (χ1v) is 9.98. The third-order valence-corrected chi connectivity index (χ3v) is 5.29. The van der Waals surface area contributed by atoms with Crippen LogP contribution in [0.1, 0.15) is 24.4 Å². The summed E-state index contributed by atoms with van der Waals surface area (Å²) in [4.78, 5) is 14.7. The number of methoxy groups -OCH3 is 1. The molecule has 1 heterocycles. The lowest BCUT2D eigenvalue weighted by molar-refractivity contribution is -0.123. The topological polar surface area (TPSA) is 50.8 Å². The minimum absolute atomic E-state index is 0.0109. The fraction of sp³-hybridized carbons (Fsp3) is 0.381. The Kier molecular flexibility index (Phi) is 7.12. The van der Waals surface area contributed by atoms with Crippen molar-refractivity contribution in [3.8, 4) is 11.5 Å². The van der Waals surface area contributed by atoms with Gasteiger partial charge < -0.3 is 14.8 Å². The maximum atomic E-state index is 12.3. The molecule has 3 rings (SSSR count). The van der Waals surface area contributed by atoms with Crippen LogP contribution in [0.5, 0.6) is 11.5 Å². The zero-order valence-electron chi connectivity index (χ0n) is 15.5. The average molecular weight is 433 g/mol. The van der Waals surface area contributed by atoms with Gasteiger partial charge >= 0.3 is 0 Å². The zero-order valence-corrected chi connectivity index (χ0v) is 17.1. The van der Waals surface area contributed by atoms with Crippen LogP contribution < -0.4 is 14.8 Å². The van der Waals surface area contributed by atoms with Crippen molar-refractivity contribution in [2.24, 2.45) is 0 Å². The third kappa shape index (κ3) is 5.71. The van der Waals surface area contributed by atoms with Gasteiger partial charge in [-0.25, -0.2) is 0 Å². The molecule has 0 radical (unpaired) electrons. The SMILES string of the molecule is COc1ccc(C(CNC(=O)COc2ccc(Br)cc2)N2CCCC2)cc1. The molecule has 1 amide bonds. The molecule has 1 unspecified atom stereocenters. The number of halogens is 1. The normalized spacial score (nSPS) is 15.3. The van der Waals surface area contributed by atoms with E-state index < -0.39 is 0 Å². The van der Waals surface area contributed by atoms with Crippen LogP contribution >= 0.6 is 15.9 Å². The van der Waals surface area contributed by atoms with Crippen molar-refractivity contribution in [2.45, 2.75) is 18.9 Å². The van der Waals surface area contributed by atoms with Crippen LogP contribution in [0.25, 0.3) is 0 Å². The molecule has 1 saturated heterocycles. The molecule has 5 nitrogen and oxygen atoms in total. The molecular formula is C21H25BrN2O3. The molecule has 1 N–H and O–H groups in total. The number of amides is 1. The Morgan fingerprint density at radius 3 is 2.33 bits per heavy atom. The fourth-order valence-corrected chi connectivity index (χ4v) is 3.54. The molecule has 1 aliphatic heterocycles. The molecule has 0 spiro atoms. The Balaban J connectivity index is 1.56. The zero-order chi connectivity index (χ0) is 19.1. The van der Waals surface area contributed by atoms with E-state index in [0.29, 0.717) is 12.3 Å². The number of hydrogen-bond acceptors (Lipinski definition) is 4. The van der Waals surface area contributed by atoms with Crippen LogP contribution in [0, 0.1) is 0 Å². The molecule has 2 aromatic carbocycles. The van der Waals surface area contributed by atoms with E-state index in [9.17, 15) is 4.79 Å². The lowest BCUT2D eigenvalue weighted by Gasteiger charge is -2.28. The van der Waals surface area contributed by atoms with Gasteiger partial charge in [0.2, 0.25) is 0 Å². The number of benzene rings is 2. The van der Waals surface area contributed by atoms with Gasteiger partial charge in [0, 0.05) is 11.0 Å². The average Bonchev–Trinajstić information content (AvgIpc) is 3.23. The van der Waals surface area contributed by atoms with E-state index in [0.717, 1.165) is 23.3 Å². The van der Waals surface area contributed by atoms with Gasteiger partial charge in [0.15, 0.2) is 6.61 Å². The van der Waals surface area contributed by atoms with E-state index in [4.69, 9.17) is 9.47 Å². The summed E-state index contributed by atoms with van der Waals surface area (Å²) in [5, 5.41) is 3.02. The number of carbonyl (C=O) groups is 1. The summed E-state index contributed by atoms with van der Waals surface area (Å²) >= 11 is 3.38. The number of nitrogens with one attached hydrogen (secondary N) is 1. The van der Waals surface area contributed by atoms with Gasteiger partial charge in [0.1, 0.15) is 11.5 Å². The Bertz CT molecular complexity index is 728. The maximum absolute atomic E-state index is 12.3. The van der Waals surface area contributed by atoms with E-state index in [1.807, 2.05) is 36.4 Å². The van der Waals surface area contributed by atoms with E-state index >= 15 is 0 Å². The third-order valence-electron chi connectivity index (χ3n) is 4.76. The van der Waals surface area contributed by atoms with Crippen molar-refractivity contribution in [3.05, 3.63) is 58.6 Å². The van der Waals surface area contributed by atoms with Crippen molar-refractivity contribution in [2.75, 3.05) is 33.4 Å². The van der Waals surface area contributed by atoms with Crippen LogP contribution in [0.15, 0.2) is 53.0 Å². The molecule has 0 bridgehead atoms. The second kappa shape index (κ2) is 9.76. The summed E-state index contributed by atoms with van der Waals surface area (Å²) in [6.45, 7) is 2.69. The van der Waals surface area contributed by atoms with Gasteiger partial charge in [0.05, 0.1) is 13.2 Å². The number of ether oxygens (including phenoxy) is 2. The van der Waals surface area contributed by atoms with Crippen molar-refractivity contribution in [3.63, 3.8) is 0 Å². The summed E-state index contributed by atoms with van der Waals surface area (Å²) in [5.74, 6) is 1.40. The molecule has 1 aliphatic rings. The number of hydrogen-bond donors (Lipinski definition) is 1. The second-order valence-corrected chi connectivity index (χ2v) is 7.49. The molecule has 6 heteroatoms. The van der Waals surface area contributed by atoms with Gasteiger partial charge in [-0.1, -0.05) is 28.1 Å². The molecule has 1 atom stereocenters. The summed E-state index contributed by atoms with van der Waals surface area (Å²) < 4.78 is 11.8. The van der Waals surface area contributed by atoms with Gasteiger partial charge in [0.25, 0.3) is 5.91 Å². The molecule has 144 valence electrons. The highest BCUT2D eigenvalue weighted by molar-refractivity contribution is 9.10. The Morgan fingerprint density at radius 2 is 1.70 bits per heavy atom. The Hall–Kier alpha value is -2.05. The fourth-order valence-electron chi connectivity index (χ4n) is 3.28. The Morgan fingerprint density at radius 1 is 1.07 bits per heavy atom. The number of rotatable bonds is 8. The van der Waals surface area contributed by atoms with Crippen molar-refractivity contribution >= 4 is 21.8 Å². The van der Waals surface area contributed by atoms with E-state index in [2.05, 4.69) is 38.3 Å². The summed E-state index contributed by atoms with van der Waals surface area (Å²) in [7, 11) is 1.67. The predicted octanol–water partition coefficient (Wildman–Crippen LogP) is 3.79. The smallest absolute Gasteiger partial charge is 0.258 e. The van der Waals surface area contributed by atoms with Crippen LogP contribution in [0.2, 0.25) is 0 Å². The highest BCUT2D eigenvalue weighted by Crippen LogP contribution is 2.26. The van der Waals surface area contributed by atoms with E-state index in [-0.39, 0.29) is 18.6 Å².